The summed E-state index contributed by atoms with van der Waals surface area (Å²) >= 11 is 0. The Morgan fingerprint density at radius 3 is 2.82 bits per heavy atom. The Hall–Kier alpha value is -1.74. The van der Waals surface area contributed by atoms with E-state index in [9.17, 15) is 5.11 Å². The fraction of sp³-hybridized carbons (Fsp3) is 0.286. The molecule has 0 spiro atoms. The largest absolute Gasteiger partial charge is 0.393 e. The number of hydrogen-bond donors (Lipinski definition) is 1. The van der Waals surface area contributed by atoms with Gasteiger partial charge in [0, 0.05) is 23.9 Å². The van der Waals surface area contributed by atoms with Gasteiger partial charge in [-0.05, 0) is 18.4 Å². The van der Waals surface area contributed by atoms with E-state index in [4.69, 9.17) is 0 Å². The summed E-state index contributed by atoms with van der Waals surface area (Å²) in [5, 5.41) is 9.59. The molecule has 2 aromatic rings. The van der Waals surface area contributed by atoms with Gasteiger partial charge in [-0.1, -0.05) is 30.3 Å². The quantitative estimate of drug-likeness (QED) is 0.809. The average molecular weight is 226 g/mol. The third-order valence-corrected chi connectivity index (χ3v) is 3.16. The van der Waals surface area contributed by atoms with Gasteiger partial charge in [0.2, 0.25) is 0 Å². The number of aliphatic hydroxyl groups excluding tert-OH is 1. The van der Waals surface area contributed by atoms with Crippen LogP contribution in [0.15, 0.2) is 36.5 Å². The van der Waals surface area contributed by atoms with Gasteiger partial charge in [0.25, 0.3) is 0 Å². The van der Waals surface area contributed by atoms with Crippen LogP contribution in [0.5, 0.6) is 0 Å². The molecule has 1 aliphatic rings. The second kappa shape index (κ2) is 4.26. The van der Waals surface area contributed by atoms with Crippen LogP contribution >= 0.6 is 0 Å². The summed E-state index contributed by atoms with van der Waals surface area (Å²) in [4.78, 5) is 8.97. The van der Waals surface area contributed by atoms with Crippen LogP contribution in [0.1, 0.15) is 17.7 Å². The van der Waals surface area contributed by atoms with Gasteiger partial charge in [0.05, 0.1) is 6.10 Å². The summed E-state index contributed by atoms with van der Waals surface area (Å²) in [6.45, 7) is 0. The molecule has 1 aromatic carbocycles. The highest BCUT2D eigenvalue weighted by molar-refractivity contribution is 5.54. The van der Waals surface area contributed by atoms with E-state index in [1.807, 2.05) is 36.5 Å². The van der Waals surface area contributed by atoms with Crippen molar-refractivity contribution in [1.29, 1.82) is 0 Å². The molecule has 1 atom stereocenters. The fourth-order valence-corrected chi connectivity index (χ4v) is 2.21. The van der Waals surface area contributed by atoms with E-state index in [-0.39, 0.29) is 6.10 Å². The number of hydrogen-bond acceptors (Lipinski definition) is 3. The summed E-state index contributed by atoms with van der Waals surface area (Å²) in [5.74, 6) is 0.778. The molecule has 0 amide bonds. The maximum Gasteiger partial charge on any atom is 0.159 e. The monoisotopic (exact) mass is 226 g/mol. The number of aryl methyl sites for hydroxylation is 1. The number of nitrogens with zero attached hydrogens (tertiary/aromatic N) is 2. The van der Waals surface area contributed by atoms with Gasteiger partial charge in [0.15, 0.2) is 5.82 Å². The molecule has 0 bridgehead atoms. The number of aliphatic hydroxyl groups is 1. The third kappa shape index (κ3) is 2.06. The highest BCUT2D eigenvalue weighted by Gasteiger charge is 2.18. The molecule has 0 fully saturated rings. The lowest BCUT2D eigenvalue weighted by Gasteiger charge is -2.19. The van der Waals surface area contributed by atoms with Gasteiger partial charge < -0.3 is 5.11 Å². The van der Waals surface area contributed by atoms with Crippen LogP contribution in [0.3, 0.4) is 0 Å². The van der Waals surface area contributed by atoms with Crippen LogP contribution in [-0.4, -0.2) is 21.2 Å². The van der Waals surface area contributed by atoms with Crippen molar-refractivity contribution >= 4 is 0 Å². The van der Waals surface area contributed by atoms with Crippen molar-refractivity contribution in [3.8, 4) is 11.4 Å². The van der Waals surface area contributed by atoms with Gasteiger partial charge in [-0.3, -0.25) is 0 Å². The summed E-state index contributed by atoms with van der Waals surface area (Å²) in [6.07, 6.45) is 3.96. The van der Waals surface area contributed by atoms with E-state index < -0.39 is 0 Å². The third-order valence-electron chi connectivity index (χ3n) is 3.16. The van der Waals surface area contributed by atoms with E-state index in [1.54, 1.807) is 0 Å². The zero-order chi connectivity index (χ0) is 11.7. The molecular formula is C14H14N2O. The van der Waals surface area contributed by atoms with Gasteiger partial charge in [0.1, 0.15) is 0 Å². The maximum atomic E-state index is 9.59. The van der Waals surface area contributed by atoms with E-state index in [0.717, 1.165) is 35.5 Å². The molecule has 86 valence electrons. The Morgan fingerprint density at radius 1 is 1.18 bits per heavy atom. The van der Waals surface area contributed by atoms with Crippen LogP contribution < -0.4 is 0 Å². The molecule has 1 heterocycles. The Bertz CT molecular complexity index is 525. The van der Waals surface area contributed by atoms with Gasteiger partial charge in [-0.25, -0.2) is 9.97 Å². The van der Waals surface area contributed by atoms with Crippen LogP contribution in [0.4, 0.5) is 0 Å². The SMILES string of the molecule is OC1CCc2nc(-c3ccccc3)ncc2C1. The Morgan fingerprint density at radius 2 is 2.00 bits per heavy atom. The zero-order valence-corrected chi connectivity index (χ0v) is 9.50. The first-order valence-electron chi connectivity index (χ1n) is 5.91. The minimum Gasteiger partial charge on any atom is -0.393 e. The van der Waals surface area contributed by atoms with Crippen LogP contribution in [0.2, 0.25) is 0 Å². The van der Waals surface area contributed by atoms with E-state index in [1.165, 1.54) is 0 Å². The summed E-state index contributed by atoms with van der Waals surface area (Å²) in [6, 6.07) is 9.99. The normalized spacial score (nSPS) is 18.8. The van der Waals surface area contributed by atoms with Crippen LogP contribution in [0.25, 0.3) is 11.4 Å². The molecule has 1 unspecified atom stereocenters. The van der Waals surface area contributed by atoms with Crippen molar-refractivity contribution in [2.45, 2.75) is 25.4 Å². The predicted octanol–water partition coefficient (Wildman–Crippen LogP) is 1.99. The molecule has 1 aromatic heterocycles. The van der Waals surface area contributed by atoms with Crippen molar-refractivity contribution in [2.24, 2.45) is 0 Å². The molecule has 0 aliphatic heterocycles. The standard InChI is InChI=1S/C14H14N2O/c17-12-6-7-13-11(8-12)9-15-14(16-13)10-4-2-1-3-5-10/h1-5,9,12,17H,6-8H2. The van der Waals surface area contributed by atoms with Crippen molar-refractivity contribution in [1.82, 2.24) is 9.97 Å². The summed E-state index contributed by atoms with van der Waals surface area (Å²) < 4.78 is 0. The zero-order valence-electron chi connectivity index (χ0n) is 9.50. The first kappa shape index (κ1) is 10.4. The molecule has 1 N–H and O–H groups in total. The molecule has 3 rings (SSSR count). The summed E-state index contributed by atoms with van der Waals surface area (Å²) in [5.41, 5.74) is 3.22. The lowest BCUT2D eigenvalue weighted by Crippen LogP contribution is -2.20. The van der Waals surface area contributed by atoms with Crippen molar-refractivity contribution in [3.63, 3.8) is 0 Å². The Kier molecular flexibility index (Phi) is 2.61. The topological polar surface area (TPSA) is 46.0 Å². The first-order valence-corrected chi connectivity index (χ1v) is 5.91. The first-order chi connectivity index (χ1) is 8.33. The van der Waals surface area contributed by atoms with E-state index in [0.29, 0.717) is 6.42 Å². The van der Waals surface area contributed by atoms with Crippen molar-refractivity contribution in [2.75, 3.05) is 0 Å². The molecule has 1 aliphatic carbocycles. The molecule has 0 saturated carbocycles. The lowest BCUT2D eigenvalue weighted by molar-refractivity contribution is 0.157. The Balaban J connectivity index is 1.99. The average Bonchev–Trinajstić information content (AvgIpc) is 2.39. The van der Waals surface area contributed by atoms with Crippen LogP contribution in [0, 0.1) is 0 Å². The maximum absolute atomic E-state index is 9.59. The molecule has 0 radical (unpaired) electrons. The molecule has 0 saturated heterocycles. The minimum atomic E-state index is -0.228. The van der Waals surface area contributed by atoms with Crippen LogP contribution in [-0.2, 0) is 12.8 Å². The fourth-order valence-electron chi connectivity index (χ4n) is 2.21. The minimum absolute atomic E-state index is 0.228. The summed E-state index contributed by atoms with van der Waals surface area (Å²) in [7, 11) is 0. The second-order valence-corrected chi connectivity index (χ2v) is 4.43. The second-order valence-electron chi connectivity index (χ2n) is 4.43. The molecule has 17 heavy (non-hydrogen) atoms. The smallest absolute Gasteiger partial charge is 0.159 e. The van der Waals surface area contributed by atoms with Crippen molar-refractivity contribution in [3.05, 3.63) is 47.8 Å². The highest BCUT2D eigenvalue weighted by atomic mass is 16.3. The number of fused-ring (bicyclic) bond motifs is 1. The molecule has 3 nitrogen and oxygen atoms in total. The predicted molar refractivity (Wildman–Crippen MR) is 65.5 cm³/mol. The Labute approximate surface area is 100 Å². The highest BCUT2D eigenvalue weighted by Crippen LogP contribution is 2.22. The van der Waals surface area contributed by atoms with Crippen molar-refractivity contribution < 1.29 is 5.11 Å². The van der Waals surface area contributed by atoms with Gasteiger partial charge in [-0.15, -0.1) is 0 Å². The molecular weight excluding hydrogens is 212 g/mol. The number of rotatable bonds is 1. The number of benzene rings is 1. The van der Waals surface area contributed by atoms with E-state index in [2.05, 4.69) is 9.97 Å². The number of aromatic nitrogens is 2. The van der Waals surface area contributed by atoms with Gasteiger partial charge >= 0.3 is 0 Å². The lowest BCUT2D eigenvalue weighted by atomic mass is 9.95. The van der Waals surface area contributed by atoms with Gasteiger partial charge in [-0.2, -0.15) is 0 Å². The molecule has 3 heteroatoms. The van der Waals surface area contributed by atoms with E-state index >= 15 is 0 Å².